The van der Waals surface area contributed by atoms with Crippen LogP contribution in [-0.2, 0) is 22.6 Å². The number of hydrogen-bond acceptors (Lipinski definition) is 3. The molecule has 0 saturated carbocycles. The lowest BCUT2D eigenvalue weighted by Crippen LogP contribution is -2.37. The van der Waals surface area contributed by atoms with E-state index in [1.54, 1.807) is 19.2 Å². The summed E-state index contributed by atoms with van der Waals surface area (Å²) in [5, 5.41) is 0. The van der Waals surface area contributed by atoms with Gasteiger partial charge in [-0.15, -0.1) is 0 Å². The number of sulfonamides is 1. The molecule has 8 heteroatoms. The first-order valence-corrected chi connectivity index (χ1v) is 9.98. The Morgan fingerprint density at radius 3 is 2.41 bits per heavy atom. The van der Waals surface area contributed by atoms with Gasteiger partial charge in [0, 0.05) is 12.6 Å². The third-order valence-electron chi connectivity index (χ3n) is 4.73. The number of halogens is 3. The zero-order valence-electron chi connectivity index (χ0n) is 14.7. The van der Waals surface area contributed by atoms with Crippen LogP contribution in [0.5, 0.6) is 5.75 Å². The van der Waals surface area contributed by atoms with E-state index in [4.69, 9.17) is 4.74 Å². The molecule has 0 radical (unpaired) electrons. The van der Waals surface area contributed by atoms with Crippen LogP contribution in [-0.4, -0.2) is 32.4 Å². The number of rotatable bonds is 5. The molecule has 1 saturated heterocycles. The number of ether oxygens (including phenoxy) is 1. The van der Waals surface area contributed by atoms with Crippen LogP contribution in [0.15, 0.2) is 53.4 Å². The van der Waals surface area contributed by atoms with Crippen molar-refractivity contribution in [2.24, 2.45) is 0 Å². The van der Waals surface area contributed by atoms with Crippen LogP contribution < -0.4 is 4.74 Å². The fourth-order valence-corrected chi connectivity index (χ4v) is 5.32. The topological polar surface area (TPSA) is 46.6 Å². The molecule has 1 fully saturated rings. The molecular formula is C19H20F3NO3S. The summed E-state index contributed by atoms with van der Waals surface area (Å²) < 4.78 is 72.2. The Morgan fingerprint density at radius 2 is 1.78 bits per heavy atom. The Hall–Kier alpha value is -2.06. The van der Waals surface area contributed by atoms with E-state index >= 15 is 0 Å². The van der Waals surface area contributed by atoms with Crippen molar-refractivity contribution >= 4 is 10.0 Å². The van der Waals surface area contributed by atoms with Gasteiger partial charge in [0.2, 0.25) is 10.0 Å². The van der Waals surface area contributed by atoms with Gasteiger partial charge < -0.3 is 4.74 Å². The molecule has 146 valence electrons. The smallest absolute Gasteiger partial charge is 0.417 e. The van der Waals surface area contributed by atoms with Gasteiger partial charge in [-0.1, -0.05) is 24.3 Å². The molecule has 0 spiro atoms. The Balaban J connectivity index is 1.90. The molecule has 1 aliphatic rings. The summed E-state index contributed by atoms with van der Waals surface area (Å²) >= 11 is 0. The molecule has 27 heavy (non-hydrogen) atoms. The van der Waals surface area contributed by atoms with E-state index in [9.17, 15) is 21.6 Å². The molecule has 0 aromatic heterocycles. The van der Waals surface area contributed by atoms with Gasteiger partial charge in [-0.2, -0.15) is 17.5 Å². The standard InChI is InChI=1S/C19H20F3NO3S/c1-26-16-10-8-14(9-11-16)13-15-5-4-12-23(15)27(24,25)18-7-3-2-6-17(18)19(20,21)22/h2-3,6-11,15H,4-5,12-13H2,1H3/t15-/m1/s1. The van der Waals surface area contributed by atoms with Crippen LogP contribution in [0.4, 0.5) is 13.2 Å². The highest BCUT2D eigenvalue weighted by Crippen LogP contribution is 2.37. The Morgan fingerprint density at radius 1 is 1.11 bits per heavy atom. The fraction of sp³-hybridized carbons (Fsp3) is 0.368. The van der Waals surface area contributed by atoms with E-state index < -0.39 is 26.7 Å². The third-order valence-corrected chi connectivity index (χ3v) is 6.74. The van der Waals surface area contributed by atoms with E-state index in [1.807, 2.05) is 12.1 Å². The summed E-state index contributed by atoms with van der Waals surface area (Å²) in [7, 11) is -2.69. The van der Waals surface area contributed by atoms with Crippen molar-refractivity contribution in [1.29, 1.82) is 0 Å². The monoisotopic (exact) mass is 399 g/mol. The molecular weight excluding hydrogens is 379 g/mol. The second kappa shape index (κ2) is 7.52. The highest BCUT2D eigenvalue weighted by molar-refractivity contribution is 7.89. The van der Waals surface area contributed by atoms with Gasteiger partial charge in [0.1, 0.15) is 5.75 Å². The Kier molecular flexibility index (Phi) is 5.48. The maximum absolute atomic E-state index is 13.3. The third kappa shape index (κ3) is 4.11. The van der Waals surface area contributed by atoms with Gasteiger partial charge >= 0.3 is 6.18 Å². The zero-order chi connectivity index (χ0) is 19.7. The van der Waals surface area contributed by atoms with Crippen molar-refractivity contribution in [2.45, 2.75) is 36.4 Å². The minimum absolute atomic E-state index is 0.218. The number of hydrogen-bond donors (Lipinski definition) is 0. The number of nitrogens with zero attached hydrogens (tertiary/aromatic N) is 1. The maximum atomic E-state index is 13.3. The lowest BCUT2D eigenvalue weighted by Gasteiger charge is -2.25. The minimum Gasteiger partial charge on any atom is -0.497 e. The predicted octanol–water partition coefficient (Wildman–Crippen LogP) is 4.11. The molecule has 3 rings (SSSR count). The van der Waals surface area contributed by atoms with Crippen molar-refractivity contribution in [2.75, 3.05) is 13.7 Å². The summed E-state index contributed by atoms with van der Waals surface area (Å²) in [6, 6.07) is 11.2. The van der Waals surface area contributed by atoms with Crippen molar-refractivity contribution in [1.82, 2.24) is 4.31 Å². The highest BCUT2D eigenvalue weighted by Gasteiger charge is 2.41. The van der Waals surface area contributed by atoms with Gasteiger partial charge in [-0.05, 0) is 49.1 Å². The highest BCUT2D eigenvalue weighted by atomic mass is 32.2. The summed E-state index contributed by atoms with van der Waals surface area (Å²) in [5.74, 6) is 0.689. The second-order valence-corrected chi connectivity index (χ2v) is 8.32. The van der Waals surface area contributed by atoms with E-state index in [-0.39, 0.29) is 12.6 Å². The predicted molar refractivity (Wildman–Crippen MR) is 95.1 cm³/mol. The molecule has 1 aliphatic heterocycles. The first kappa shape index (κ1) is 19.7. The van der Waals surface area contributed by atoms with Gasteiger partial charge in [-0.25, -0.2) is 8.42 Å². The van der Waals surface area contributed by atoms with Crippen molar-refractivity contribution < 1.29 is 26.3 Å². The minimum atomic E-state index is -4.73. The largest absolute Gasteiger partial charge is 0.497 e. The van der Waals surface area contributed by atoms with E-state index in [0.717, 1.165) is 17.7 Å². The quantitative estimate of drug-likeness (QED) is 0.760. The maximum Gasteiger partial charge on any atom is 0.417 e. The van der Waals surface area contributed by atoms with Gasteiger partial charge in [0.25, 0.3) is 0 Å². The lowest BCUT2D eigenvalue weighted by molar-refractivity contribution is -0.139. The van der Waals surface area contributed by atoms with Crippen LogP contribution >= 0.6 is 0 Å². The molecule has 0 N–H and O–H groups in total. The Labute approximate surface area is 156 Å². The number of methoxy groups -OCH3 is 1. The molecule has 0 amide bonds. The molecule has 2 aromatic rings. The van der Waals surface area contributed by atoms with Crippen LogP contribution in [0.25, 0.3) is 0 Å². The van der Waals surface area contributed by atoms with Crippen LogP contribution in [0.3, 0.4) is 0 Å². The Bertz CT molecular complexity index is 895. The van der Waals surface area contributed by atoms with Gasteiger partial charge in [-0.3, -0.25) is 0 Å². The van der Waals surface area contributed by atoms with Crippen LogP contribution in [0.2, 0.25) is 0 Å². The van der Waals surface area contributed by atoms with E-state index in [1.165, 1.54) is 16.4 Å². The lowest BCUT2D eigenvalue weighted by atomic mass is 10.0. The summed E-state index contributed by atoms with van der Waals surface area (Å²) in [6.45, 7) is 0.218. The zero-order valence-corrected chi connectivity index (χ0v) is 15.6. The summed E-state index contributed by atoms with van der Waals surface area (Å²) in [5.41, 5.74) is -0.216. The molecule has 4 nitrogen and oxygen atoms in total. The average molecular weight is 399 g/mol. The number of benzene rings is 2. The molecule has 2 aromatic carbocycles. The van der Waals surface area contributed by atoms with Gasteiger partial charge in [0.15, 0.2) is 0 Å². The normalized spacial score (nSPS) is 18.6. The van der Waals surface area contributed by atoms with Crippen molar-refractivity contribution in [3.8, 4) is 5.75 Å². The van der Waals surface area contributed by atoms with Gasteiger partial charge in [0.05, 0.1) is 17.6 Å². The average Bonchev–Trinajstić information content (AvgIpc) is 3.11. The first-order valence-electron chi connectivity index (χ1n) is 8.54. The second-order valence-electron chi connectivity index (χ2n) is 6.46. The summed E-state index contributed by atoms with van der Waals surface area (Å²) in [4.78, 5) is -0.681. The van der Waals surface area contributed by atoms with Crippen molar-refractivity contribution in [3.63, 3.8) is 0 Å². The van der Waals surface area contributed by atoms with E-state index in [2.05, 4.69) is 0 Å². The SMILES string of the molecule is COc1ccc(C[C@H]2CCCN2S(=O)(=O)c2ccccc2C(F)(F)F)cc1. The fourth-order valence-electron chi connectivity index (χ4n) is 3.42. The van der Waals surface area contributed by atoms with Crippen LogP contribution in [0, 0.1) is 0 Å². The molecule has 1 heterocycles. The molecule has 0 aliphatic carbocycles. The first-order chi connectivity index (χ1) is 12.7. The van der Waals surface area contributed by atoms with E-state index in [0.29, 0.717) is 25.0 Å². The van der Waals surface area contributed by atoms with Crippen molar-refractivity contribution in [3.05, 3.63) is 59.7 Å². The van der Waals surface area contributed by atoms with Crippen LogP contribution in [0.1, 0.15) is 24.0 Å². The molecule has 1 atom stereocenters. The summed E-state index contributed by atoms with van der Waals surface area (Å²) in [6.07, 6.45) is -3.06. The number of alkyl halides is 3. The molecule has 0 bridgehead atoms. The molecule has 0 unspecified atom stereocenters.